The fraction of sp³-hybridized carbons (Fsp3) is 0.176. The number of rotatable bonds is 2. The molecule has 104 valence electrons. The van der Waals surface area contributed by atoms with E-state index in [0.717, 1.165) is 28.5 Å². The van der Waals surface area contributed by atoms with Gasteiger partial charge in [0.25, 0.3) is 0 Å². The summed E-state index contributed by atoms with van der Waals surface area (Å²) in [5.41, 5.74) is 4.52. The van der Waals surface area contributed by atoms with Crippen LogP contribution < -0.4 is 5.32 Å². The van der Waals surface area contributed by atoms with E-state index < -0.39 is 0 Å². The molecular formula is C17H15N3O. The monoisotopic (exact) mass is 277 g/mol. The molecule has 1 aromatic heterocycles. The van der Waals surface area contributed by atoms with Gasteiger partial charge in [-0.25, -0.2) is 0 Å². The Morgan fingerprint density at radius 2 is 1.95 bits per heavy atom. The highest BCUT2D eigenvalue weighted by Crippen LogP contribution is 2.29. The van der Waals surface area contributed by atoms with Crippen molar-refractivity contribution in [2.24, 2.45) is 0 Å². The van der Waals surface area contributed by atoms with E-state index in [2.05, 4.69) is 45.8 Å². The predicted molar refractivity (Wildman–Crippen MR) is 81.6 cm³/mol. The summed E-state index contributed by atoms with van der Waals surface area (Å²) >= 11 is 0. The van der Waals surface area contributed by atoms with Crippen molar-refractivity contribution in [3.8, 4) is 11.1 Å². The largest absolute Gasteiger partial charge is 0.349 e. The van der Waals surface area contributed by atoms with Crippen molar-refractivity contribution < 1.29 is 4.79 Å². The lowest BCUT2D eigenvalue weighted by atomic mass is 9.99. The molecule has 1 atom stereocenters. The molecule has 1 fully saturated rings. The molecule has 4 rings (SSSR count). The van der Waals surface area contributed by atoms with Crippen LogP contribution in [-0.2, 0) is 4.79 Å². The number of benzene rings is 2. The second kappa shape index (κ2) is 4.74. The number of hydrogen-bond acceptors (Lipinski definition) is 2. The van der Waals surface area contributed by atoms with Gasteiger partial charge in [0.15, 0.2) is 0 Å². The highest BCUT2D eigenvalue weighted by molar-refractivity contribution is 5.93. The fourth-order valence-electron chi connectivity index (χ4n) is 2.97. The van der Waals surface area contributed by atoms with E-state index in [1.54, 1.807) is 0 Å². The maximum absolute atomic E-state index is 11.3. The minimum absolute atomic E-state index is 0.145. The van der Waals surface area contributed by atoms with Crippen molar-refractivity contribution in [3.63, 3.8) is 0 Å². The summed E-state index contributed by atoms with van der Waals surface area (Å²) in [6.07, 6.45) is 3.34. The Morgan fingerprint density at radius 1 is 1.10 bits per heavy atom. The van der Waals surface area contributed by atoms with E-state index in [0.29, 0.717) is 6.42 Å². The second-order valence-corrected chi connectivity index (χ2v) is 5.42. The summed E-state index contributed by atoms with van der Waals surface area (Å²) in [6, 6.07) is 14.7. The van der Waals surface area contributed by atoms with Crippen molar-refractivity contribution in [1.82, 2.24) is 15.5 Å². The number of carbonyl (C=O) groups is 1. The van der Waals surface area contributed by atoms with Gasteiger partial charge in [-0.15, -0.1) is 0 Å². The van der Waals surface area contributed by atoms with Crippen LogP contribution in [0, 0.1) is 0 Å². The van der Waals surface area contributed by atoms with Gasteiger partial charge >= 0.3 is 0 Å². The molecule has 0 radical (unpaired) electrons. The molecule has 2 aromatic carbocycles. The summed E-state index contributed by atoms with van der Waals surface area (Å²) in [5.74, 6) is 0.145. The van der Waals surface area contributed by atoms with Gasteiger partial charge in [0.2, 0.25) is 5.91 Å². The first-order valence-electron chi connectivity index (χ1n) is 7.13. The third-order valence-corrected chi connectivity index (χ3v) is 4.10. The predicted octanol–water partition coefficient (Wildman–Crippen LogP) is 3.18. The van der Waals surface area contributed by atoms with Crippen LogP contribution in [0.4, 0.5) is 0 Å². The smallest absolute Gasteiger partial charge is 0.220 e. The van der Waals surface area contributed by atoms with Crippen LogP contribution in [0.5, 0.6) is 0 Å². The van der Waals surface area contributed by atoms with E-state index in [-0.39, 0.29) is 11.9 Å². The number of fused-ring (bicyclic) bond motifs is 1. The maximum atomic E-state index is 11.3. The molecule has 1 saturated heterocycles. The van der Waals surface area contributed by atoms with Crippen LogP contribution in [0.1, 0.15) is 24.4 Å². The third-order valence-electron chi connectivity index (χ3n) is 4.10. The second-order valence-electron chi connectivity index (χ2n) is 5.42. The van der Waals surface area contributed by atoms with Crippen molar-refractivity contribution >= 4 is 16.8 Å². The van der Waals surface area contributed by atoms with E-state index in [1.165, 1.54) is 5.56 Å². The molecule has 1 aliphatic rings. The summed E-state index contributed by atoms with van der Waals surface area (Å²) in [4.78, 5) is 11.3. The molecule has 2 heterocycles. The van der Waals surface area contributed by atoms with Gasteiger partial charge < -0.3 is 5.32 Å². The van der Waals surface area contributed by atoms with Crippen molar-refractivity contribution in [1.29, 1.82) is 0 Å². The minimum atomic E-state index is 0.145. The molecular weight excluding hydrogens is 262 g/mol. The number of hydrogen-bond donors (Lipinski definition) is 2. The molecule has 2 N–H and O–H groups in total. The molecule has 3 aromatic rings. The first kappa shape index (κ1) is 12.1. The first-order valence-corrected chi connectivity index (χ1v) is 7.13. The Hall–Kier alpha value is -2.62. The Kier molecular flexibility index (Phi) is 2.74. The zero-order valence-electron chi connectivity index (χ0n) is 11.5. The van der Waals surface area contributed by atoms with Gasteiger partial charge in [0.05, 0.1) is 17.8 Å². The van der Waals surface area contributed by atoms with Gasteiger partial charge in [-0.3, -0.25) is 9.89 Å². The van der Waals surface area contributed by atoms with E-state index >= 15 is 0 Å². The van der Waals surface area contributed by atoms with Crippen LogP contribution in [0.3, 0.4) is 0 Å². The minimum Gasteiger partial charge on any atom is -0.349 e. The maximum Gasteiger partial charge on any atom is 0.220 e. The molecule has 1 unspecified atom stereocenters. The standard InChI is InChI=1S/C17H15N3O/c21-16-9-8-15(19-16)12-6-4-11(5-7-12)14-3-1-2-13-10-18-20-17(13)14/h1-7,10,15H,8-9H2,(H,18,20)(H,19,21). The van der Waals surface area contributed by atoms with Crippen molar-refractivity contribution in [2.45, 2.75) is 18.9 Å². The lowest BCUT2D eigenvalue weighted by Crippen LogP contribution is -2.18. The van der Waals surface area contributed by atoms with Crippen LogP contribution in [0.15, 0.2) is 48.7 Å². The summed E-state index contributed by atoms with van der Waals surface area (Å²) in [6.45, 7) is 0. The van der Waals surface area contributed by atoms with Crippen LogP contribution in [0.2, 0.25) is 0 Å². The molecule has 0 spiro atoms. The fourth-order valence-corrected chi connectivity index (χ4v) is 2.97. The van der Waals surface area contributed by atoms with E-state index in [1.807, 2.05) is 18.3 Å². The Bertz CT molecular complexity index is 804. The SMILES string of the molecule is O=C1CCC(c2ccc(-c3cccc4cn[nH]c34)cc2)N1. The van der Waals surface area contributed by atoms with Crippen LogP contribution >= 0.6 is 0 Å². The van der Waals surface area contributed by atoms with Crippen LogP contribution in [0.25, 0.3) is 22.0 Å². The highest BCUT2D eigenvalue weighted by atomic mass is 16.1. The summed E-state index contributed by atoms with van der Waals surface area (Å²) in [7, 11) is 0. The topological polar surface area (TPSA) is 57.8 Å². The molecule has 0 aliphatic carbocycles. The van der Waals surface area contributed by atoms with E-state index in [4.69, 9.17) is 0 Å². The Morgan fingerprint density at radius 3 is 2.71 bits per heavy atom. The lowest BCUT2D eigenvalue weighted by molar-refractivity contribution is -0.119. The number of H-pyrrole nitrogens is 1. The normalized spacial score (nSPS) is 18.1. The number of aromatic amines is 1. The van der Waals surface area contributed by atoms with Gasteiger partial charge in [-0.05, 0) is 17.5 Å². The zero-order valence-corrected chi connectivity index (χ0v) is 11.5. The molecule has 0 saturated carbocycles. The van der Waals surface area contributed by atoms with Gasteiger partial charge in [0, 0.05) is 17.4 Å². The van der Waals surface area contributed by atoms with E-state index in [9.17, 15) is 4.79 Å². The van der Waals surface area contributed by atoms with Crippen molar-refractivity contribution in [3.05, 3.63) is 54.2 Å². The molecule has 1 amide bonds. The number of nitrogens with zero attached hydrogens (tertiary/aromatic N) is 1. The number of aromatic nitrogens is 2. The Balaban J connectivity index is 1.70. The van der Waals surface area contributed by atoms with Gasteiger partial charge in [-0.1, -0.05) is 42.5 Å². The van der Waals surface area contributed by atoms with Crippen molar-refractivity contribution in [2.75, 3.05) is 0 Å². The molecule has 1 aliphatic heterocycles. The highest BCUT2D eigenvalue weighted by Gasteiger charge is 2.22. The lowest BCUT2D eigenvalue weighted by Gasteiger charge is -2.11. The summed E-state index contributed by atoms with van der Waals surface area (Å²) < 4.78 is 0. The van der Waals surface area contributed by atoms with Gasteiger partial charge in [0.1, 0.15) is 0 Å². The summed E-state index contributed by atoms with van der Waals surface area (Å²) in [5, 5.41) is 11.3. The molecule has 0 bridgehead atoms. The number of nitrogens with one attached hydrogen (secondary N) is 2. The number of amides is 1. The third kappa shape index (κ3) is 2.09. The average molecular weight is 277 g/mol. The Labute approximate surface area is 122 Å². The number of para-hydroxylation sites is 1. The molecule has 21 heavy (non-hydrogen) atoms. The molecule has 4 heteroatoms. The van der Waals surface area contributed by atoms with Gasteiger partial charge in [-0.2, -0.15) is 5.10 Å². The first-order chi connectivity index (χ1) is 10.3. The number of carbonyl (C=O) groups excluding carboxylic acids is 1. The average Bonchev–Trinajstić information content (AvgIpc) is 3.15. The zero-order chi connectivity index (χ0) is 14.2. The molecule has 4 nitrogen and oxygen atoms in total. The quantitative estimate of drug-likeness (QED) is 0.756. The van der Waals surface area contributed by atoms with Crippen LogP contribution in [-0.4, -0.2) is 16.1 Å².